The van der Waals surface area contributed by atoms with Gasteiger partial charge in [0.15, 0.2) is 0 Å². The Bertz CT molecular complexity index is 826. The summed E-state index contributed by atoms with van der Waals surface area (Å²) in [6.07, 6.45) is -1.25. The van der Waals surface area contributed by atoms with Crippen molar-refractivity contribution >= 4 is 24.3 Å². The van der Waals surface area contributed by atoms with Crippen molar-refractivity contribution in [3.63, 3.8) is 0 Å². The minimum atomic E-state index is -4.42. The topological polar surface area (TPSA) is 78.9 Å². The number of amides is 1. The number of carbonyl (C=O) groups is 2. The third kappa shape index (κ3) is 6.99. The fourth-order valence-electron chi connectivity index (χ4n) is 4.48. The van der Waals surface area contributed by atoms with E-state index < -0.39 is 23.2 Å². The maximum Gasteiger partial charge on any atom is 0.416 e. The van der Waals surface area contributed by atoms with E-state index in [0.717, 1.165) is 25.0 Å². The molecule has 1 atom stereocenters. The van der Waals surface area contributed by atoms with Gasteiger partial charge in [-0.25, -0.2) is 0 Å². The molecule has 0 bridgehead atoms. The monoisotopic (exact) mass is 492 g/mol. The van der Waals surface area contributed by atoms with E-state index in [9.17, 15) is 22.8 Å². The van der Waals surface area contributed by atoms with Crippen molar-refractivity contribution in [2.45, 2.75) is 63.8 Å². The van der Waals surface area contributed by atoms with E-state index in [-0.39, 0.29) is 42.0 Å². The lowest BCUT2D eigenvalue weighted by molar-refractivity contribution is -0.143. The van der Waals surface area contributed by atoms with E-state index in [1.165, 1.54) is 12.1 Å². The predicted octanol–water partition coefficient (Wildman–Crippen LogP) is 4.37. The van der Waals surface area contributed by atoms with Crippen LogP contribution in [-0.4, -0.2) is 53.2 Å². The van der Waals surface area contributed by atoms with Crippen molar-refractivity contribution in [3.8, 4) is 5.75 Å². The number of likely N-dealkylation sites (tertiary alicyclic amines) is 1. The third-order valence-corrected chi connectivity index (χ3v) is 6.70. The maximum absolute atomic E-state index is 12.9. The molecule has 2 fully saturated rings. The Kier molecular flexibility index (Phi) is 9.04. The second-order valence-electron chi connectivity index (χ2n) is 9.33. The fraction of sp³-hybridized carbons (Fsp3) is 0.652. The zero-order valence-electron chi connectivity index (χ0n) is 18.9. The Morgan fingerprint density at radius 3 is 2.42 bits per heavy atom. The number of rotatable bonds is 7. The molecule has 1 aliphatic carbocycles. The van der Waals surface area contributed by atoms with Crippen LogP contribution in [0.2, 0.25) is 0 Å². The molecule has 0 aromatic heterocycles. The van der Waals surface area contributed by atoms with Crippen molar-refractivity contribution in [1.29, 1.82) is 0 Å². The molecule has 186 valence electrons. The van der Waals surface area contributed by atoms with Gasteiger partial charge in [0.05, 0.1) is 17.0 Å². The zero-order valence-corrected chi connectivity index (χ0v) is 19.7. The molecule has 1 amide bonds. The van der Waals surface area contributed by atoms with E-state index >= 15 is 0 Å². The molecular weight excluding hydrogens is 461 g/mol. The normalized spacial score (nSPS) is 24.1. The van der Waals surface area contributed by atoms with Crippen LogP contribution in [0.4, 0.5) is 13.2 Å². The first-order chi connectivity index (χ1) is 15.0. The number of carboxylic acids is 1. The van der Waals surface area contributed by atoms with Crippen molar-refractivity contribution in [3.05, 3.63) is 29.8 Å². The van der Waals surface area contributed by atoms with Gasteiger partial charge in [-0.3, -0.25) is 14.5 Å². The molecule has 6 nitrogen and oxygen atoms in total. The first kappa shape index (κ1) is 27.2. The van der Waals surface area contributed by atoms with Gasteiger partial charge in [0.25, 0.3) is 0 Å². The Labute approximate surface area is 198 Å². The highest BCUT2D eigenvalue weighted by Crippen LogP contribution is 2.33. The molecular formula is C23H32ClF3N2O4. The van der Waals surface area contributed by atoms with Crippen LogP contribution in [0.25, 0.3) is 0 Å². The van der Waals surface area contributed by atoms with Gasteiger partial charge < -0.3 is 15.2 Å². The van der Waals surface area contributed by atoms with Crippen LogP contribution in [0.1, 0.15) is 51.5 Å². The highest BCUT2D eigenvalue weighted by molar-refractivity contribution is 5.85. The largest absolute Gasteiger partial charge is 0.489 e. The molecule has 0 spiro atoms. The molecule has 1 aromatic carbocycles. The van der Waals surface area contributed by atoms with Crippen LogP contribution in [-0.2, 0) is 15.8 Å². The number of halogens is 4. The molecule has 2 N–H and O–H groups in total. The zero-order chi connectivity index (χ0) is 23.5. The van der Waals surface area contributed by atoms with Gasteiger partial charge in [0.1, 0.15) is 11.9 Å². The van der Waals surface area contributed by atoms with Gasteiger partial charge in [-0.05, 0) is 70.1 Å². The summed E-state index contributed by atoms with van der Waals surface area (Å²) in [6, 6.07) is 4.84. The number of benzene rings is 1. The number of nitrogens with one attached hydrogen (secondary N) is 1. The Hall–Kier alpha value is -2.00. The molecule has 1 saturated carbocycles. The molecule has 1 saturated heterocycles. The smallest absolute Gasteiger partial charge is 0.416 e. The average Bonchev–Trinajstić information content (AvgIpc) is 3.21. The fourth-order valence-corrected chi connectivity index (χ4v) is 4.48. The van der Waals surface area contributed by atoms with Crippen LogP contribution in [0.5, 0.6) is 5.75 Å². The van der Waals surface area contributed by atoms with Crippen molar-refractivity contribution < 1.29 is 32.6 Å². The van der Waals surface area contributed by atoms with Gasteiger partial charge >= 0.3 is 12.1 Å². The average molecular weight is 493 g/mol. The van der Waals surface area contributed by atoms with E-state index in [0.29, 0.717) is 38.9 Å². The van der Waals surface area contributed by atoms with Gasteiger partial charge in [-0.2, -0.15) is 13.2 Å². The molecule has 2 aliphatic rings. The lowest BCUT2D eigenvalue weighted by atomic mass is 9.82. The second-order valence-corrected chi connectivity index (χ2v) is 9.33. The summed E-state index contributed by atoms with van der Waals surface area (Å²) in [5, 5.41) is 12.1. The van der Waals surface area contributed by atoms with Gasteiger partial charge in [-0.15, -0.1) is 12.4 Å². The molecule has 3 rings (SSSR count). The van der Waals surface area contributed by atoms with Crippen molar-refractivity contribution in [1.82, 2.24) is 10.2 Å². The first-order valence-electron chi connectivity index (χ1n) is 11.1. The number of carbonyl (C=O) groups excluding carboxylic acids is 1. The predicted molar refractivity (Wildman–Crippen MR) is 119 cm³/mol. The SMILES string of the molecule is CC(C)(C(=O)NCC1CCC(C(=O)O)CC1)N1CCC(Oc2cccc(C(F)(F)F)c2)C1.Cl. The molecule has 1 aromatic rings. The highest BCUT2D eigenvalue weighted by atomic mass is 35.5. The number of aliphatic carboxylic acids is 1. The second kappa shape index (κ2) is 11.0. The Morgan fingerprint density at radius 1 is 1.15 bits per heavy atom. The maximum atomic E-state index is 12.9. The van der Waals surface area contributed by atoms with E-state index in [2.05, 4.69) is 5.32 Å². The van der Waals surface area contributed by atoms with E-state index in [1.807, 2.05) is 18.7 Å². The molecule has 0 radical (unpaired) electrons. The van der Waals surface area contributed by atoms with Gasteiger partial charge in [0.2, 0.25) is 5.91 Å². The van der Waals surface area contributed by atoms with Crippen LogP contribution in [0, 0.1) is 11.8 Å². The van der Waals surface area contributed by atoms with Crippen LogP contribution in [0.15, 0.2) is 24.3 Å². The van der Waals surface area contributed by atoms with E-state index in [4.69, 9.17) is 9.84 Å². The van der Waals surface area contributed by atoms with Crippen LogP contribution in [0.3, 0.4) is 0 Å². The lowest BCUT2D eigenvalue weighted by Crippen LogP contribution is -2.55. The summed E-state index contributed by atoms with van der Waals surface area (Å²) in [5.74, 6) is -0.689. The molecule has 10 heteroatoms. The molecule has 33 heavy (non-hydrogen) atoms. The third-order valence-electron chi connectivity index (χ3n) is 6.70. The minimum absolute atomic E-state index is 0. The Balaban J connectivity index is 0.00000385. The number of nitrogens with zero attached hydrogens (tertiary/aromatic N) is 1. The summed E-state index contributed by atoms with van der Waals surface area (Å²) in [6.45, 7) is 5.23. The minimum Gasteiger partial charge on any atom is -0.489 e. The molecule has 1 aliphatic heterocycles. The summed E-state index contributed by atoms with van der Waals surface area (Å²) in [4.78, 5) is 25.9. The first-order valence-corrected chi connectivity index (χ1v) is 11.1. The standard InChI is InChI=1S/C23H31F3N2O4.ClH/c1-22(2,21(31)27-13-15-6-8-16(9-7-15)20(29)30)28-11-10-19(14-28)32-18-5-3-4-17(12-18)23(24,25)26;/h3-5,12,15-16,19H,6-11,13-14H2,1-2H3,(H,27,31)(H,29,30);1H. The quantitative estimate of drug-likeness (QED) is 0.591. The Morgan fingerprint density at radius 2 is 1.82 bits per heavy atom. The summed E-state index contributed by atoms with van der Waals surface area (Å²) in [5.41, 5.74) is -1.54. The van der Waals surface area contributed by atoms with Gasteiger partial charge in [0, 0.05) is 19.6 Å². The number of hydrogen-bond donors (Lipinski definition) is 2. The number of hydrogen-bond acceptors (Lipinski definition) is 4. The molecule has 1 unspecified atom stereocenters. The highest BCUT2D eigenvalue weighted by Gasteiger charge is 2.40. The summed E-state index contributed by atoms with van der Waals surface area (Å²) >= 11 is 0. The number of carboxylic acid groups (broad SMARTS) is 1. The number of alkyl halides is 3. The number of ether oxygens (including phenoxy) is 1. The van der Waals surface area contributed by atoms with Crippen molar-refractivity contribution in [2.75, 3.05) is 19.6 Å². The van der Waals surface area contributed by atoms with E-state index in [1.54, 1.807) is 0 Å². The van der Waals surface area contributed by atoms with Crippen LogP contribution >= 0.6 is 12.4 Å². The van der Waals surface area contributed by atoms with Crippen molar-refractivity contribution in [2.24, 2.45) is 11.8 Å². The molecule has 1 heterocycles. The summed E-state index contributed by atoms with van der Waals surface area (Å²) < 4.78 is 44.5. The van der Waals surface area contributed by atoms with Crippen LogP contribution < -0.4 is 10.1 Å². The van der Waals surface area contributed by atoms with Gasteiger partial charge in [-0.1, -0.05) is 6.07 Å². The summed E-state index contributed by atoms with van der Waals surface area (Å²) in [7, 11) is 0. The lowest BCUT2D eigenvalue weighted by Gasteiger charge is -2.35.